The van der Waals surface area contributed by atoms with E-state index in [0.717, 1.165) is 16.8 Å². The molecule has 4 aromatic rings. The molecule has 0 fully saturated rings. The highest BCUT2D eigenvalue weighted by atomic mass is 32.1. The summed E-state index contributed by atoms with van der Waals surface area (Å²) in [6.45, 7) is 1.91. The van der Waals surface area contributed by atoms with Crippen molar-refractivity contribution in [1.29, 1.82) is 0 Å². The SMILES string of the molecule is CCOC(=O)C1=C(c2ccccc2)N=c2s/c(=C\c3ccc(N(C)C)cc3)c(=O)n2C1c1cccc(OC)c1OC. The molecule has 1 aromatic heterocycles. The average Bonchev–Trinajstić information content (AvgIpc) is 3.30. The molecule has 0 aliphatic carbocycles. The van der Waals surface area contributed by atoms with Gasteiger partial charge in [-0.3, -0.25) is 9.36 Å². The van der Waals surface area contributed by atoms with E-state index in [1.54, 1.807) is 24.7 Å². The molecule has 5 rings (SSSR count). The molecule has 41 heavy (non-hydrogen) atoms. The summed E-state index contributed by atoms with van der Waals surface area (Å²) in [4.78, 5) is 35.2. The first kappa shape index (κ1) is 27.9. The van der Waals surface area contributed by atoms with E-state index in [1.165, 1.54) is 18.4 Å². The van der Waals surface area contributed by atoms with E-state index in [4.69, 9.17) is 19.2 Å². The van der Waals surface area contributed by atoms with Crippen LogP contribution >= 0.6 is 11.3 Å². The Bertz CT molecular complexity index is 1790. The van der Waals surface area contributed by atoms with Crippen molar-refractivity contribution in [3.63, 3.8) is 0 Å². The van der Waals surface area contributed by atoms with Gasteiger partial charge in [-0.1, -0.05) is 65.9 Å². The molecule has 1 aliphatic heterocycles. The third-order valence-electron chi connectivity index (χ3n) is 6.81. The highest BCUT2D eigenvalue weighted by molar-refractivity contribution is 7.07. The fourth-order valence-electron chi connectivity index (χ4n) is 4.88. The minimum atomic E-state index is -0.871. The summed E-state index contributed by atoms with van der Waals surface area (Å²) in [6, 6.07) is 21.9. The first-order valence-electron chi connectivity index (χ1n) is 13.1. The number of nitrogens with zero attached hydrogens (tertiary/aromatic N) is 3. The number of ether oxygens (including phenoxy) is 3. The molecule has 210 valence electrons. The molecule has 1 unspecified atom stereocenters. The molecule has 2 heterocycles. The third-order valence-corrected chi connectivity index (χ3v) is 7.79. The number of hydrogen-bond acceptors (Lipinski definition) is 8. The predicted octanol–water partition coefficient (Wildman–Crippen LogP) is 4.02. The zero-order valence-electron chi connectivity index (χ0n) is 23.6. The van der Waals surface area contributed by atoms with E-state index < -0.39 is 12.0 Å². The molecule has 8 nitrogen and oxygen atoms in total. The zero-order chi connectivity index (χ0) is 29.1. The maximum absolute atomic E-state index is 14.1. The Morgan fingerprint density at radius 1 is 1.00 bits per heavy atom. The standard InChI is InChI=1S/C32H31N3O5S/c1-6-40-31(37)26-27(21-11-8-7-9-12-21)33-32-35(28(26)23-13-10-14-24(38-4)29(23)39-5)30(36)25(41-32)19-20-15-17-22(18-16-20)34(2)3/h7-19,28H,6H2,1-5H3/b25-19-. The van der Waals surface area contributed by atoms with Crippen LogP contribution in [0.2, 0.25) is 0 Å². The molecule has 0 radical (unpaired) electrons. The molecule has 9 heteroatoms. The minimum absolute atomic E-state index is 0.166. The molecule has 0 amide bonds. The lowest BCUT2D eigenvalue weighted by Gasteiger charge is -2.27. The van der Waals surface area contributed by atoms with Crippen molar-refractivity contribution >= 4 is 34.8 Å². The molecular weight excluding hydrogens is 538 g/mol. The topological polar surface area (TPSA) is 82.4 Å². The average molecular weight is 570 g/mol. The van der Waals surface area contributed by atoms with Gasteiger partial charge >= 0.3 is 5.97 Å². The predicted molar refractivity (Wildman–Crippen MR) is 161 cm³/mol. The summed E-state index contributed by atoms with van der Waals surface area (Å²) in [5, 5.41) is 0. The maximum atomic E-state index is 14.1. The van der Waals surface area contributed by atoms with Crippen molar-refractivity contribution in [3.8, 4) is 11.5 Å². The van der Waals surface area contributed by atoms with Gasteiger partial charge in [0, 0.05) is 30.9 Å². The second-order valence-electron chi connectivity index (χ2n) is 9.50. The lowest BCUT2D eigenvalue weighted by molar-refractivity contribution is -0.138. The summed E-state index contributed by atoms with van der Waals surface area (Å²) >= 11 is 1.27. The van der Waals surface area contributed by atoms with E-state index in [2.05, 4.69) is 0 Å². The number of thiazole rings is 1. The van der Waals surface area contributed by atoms with Crippen molar-refractivity contribution in [2.24, 2.45) is 4.99 Å². The van der Waals surface area contributed by atoms with Gasteiger partial charge in [-0.15, -0.1) is 0 Å². The summed E-state index contributed by atoms with van der Waals surface area (Å²) in [7, 11) is 7.04. The molecule has 0 bridgehead atoms. The molecule has 1 aliphatic rings. The number of esters is 1. The second kappa shape index (κ2) is 11.9. The van der Waals surface area contributed by atoms with Crippen molar-refractivity contribution in [2.45, 2.75) is 13.0 Å². The number of aromatic nitrogens is 1. The Morgan fingerprint density at radius 3 is 2.37 bits per heavy atom. The molecule has 0 saturated carbocycles. The number of benzene rings is 3. The number of carbonyl (C=O) groups excluding carboxylic acids is 1. The molecule has 0 N–H and O–H groups in total. The Morgan fingerprint density at radius 2 is 1.73 bits per heavy atom. The van der Waals surface area contributed by atoms with Crippen molar-refractivity contribution < 1.29 is 19.0 Å². The van der Waals surface area contributed by atoms with Gasteiger partial charge in [0.15, 0.2) is 16.3 Å². The first-order valence-corrected chi connectivity index (χ1v) is 14.0. The monoisotopic (exact) mass is 569 g/mol. The number of methoxy groups -OCH3 is 2. The molecular formula is C32H31N3O5S. The molecule has 0 saturated heterocycles. The van der Waals surface area contributed by atoms with Crippen molar-refractivity contribution in [2.75, 3.05) is 39.8 Å². The van der Waals surface area contributed by atoms with E-state index >= 15 is 0 Å². The van der Waals surface area contributed by atoms with Gasteiger partial charge in [-0.2, -0.15) is 0 Å². The quantitative estimate of drug-likeness (QED) is 0.298. The number of anilines is 1. The lowest BCUT2D eigenvalue weighted by Crippen LogP contribution is -2.40. The van der Waals surface area contributed by atoms with Gasteiger partial charge in [0.05, 0.1) is 36.6 Å². The Balaban J connectivity index is 1.84. The fourth-order valence-corrected chi connectivity index (χ4v) is 5.88. The second-order valence-corrected chi connectivity index (χ2v) is 10.5. The number of para-hydroxylation sites is 1. The van der Waals surface area contributed by atoms with E-state index in [0.29, 0.717) is 32.1 Å². The summed E-state index contributed by atoms with van der Waals surface area (Å²) in [6.07, 6.45) is 1.85. The minimum Gasteiger partial charge on any atom is -0.493 e. The Kier molecular flexibility index (Phi) is 8.07. The highest BCUT2D eigenvalue weighted by Gasteiger charge is 2.37. The third kappa shape index (κ3) is 5.28. The smallest absolute Gasteiger partial charge is 0.338 e. The van der Waals surface area contributed by atoms with Gasteiger partial charge in [0.1, 0.15) is 6.04 Å². The number of carbonyl (C=O) groups is 1. The summed E-state index contributed by atoms with van der Waals surface area (Å²) < 4.78 is 19.0. The molecule has 0 spiro atoms. The summed E-state index contributed by atoms with van der Waals surface area (Å²) in [5.41, 5.74) is 3.68. The van der Waals surface area contributed by atoms with Crippen LogP contribution in [0.25, 0.3) is 11.8 Å². The Hall–Kier alpha value is -4.63. The van der Waals surface area contributed by atoms with Crippen LogP contribution in [-0.2, 0) is 9.53 Å². The van der Waals surface area contributed by atoms with Crippen LogP contribution < -0.4 is 29.3 Å². The number of hydrogen-bond donors (Lipinski definition) is 0. The van der Waals surface area contributed by atoms with Gasteiger partial charge in [-0.05, 0) is 36.8 Å². The maximum Gasteiger partial charge on any atom is 0.338 e. The number of rotatable bonds is 8. The number of fused-ring (bicyclic) bond motifs is 1. The highest BCUT2D eigenvalue weighted by Crippen LogP contribution is 2.42. The van der Waals surface area contributed by atoms with Crippen LogP contribution in [-0.4, -0.2) is 45.5 Å². The van der Waals surface area contributed by atoms with Crippen LogP contribution in [0.3, 0.4) is 0 Å². The van der Waals surface area contributed by atoms with Crippen molar-refractivity contribution in [1.82, 2.24) is 4.57 Å². The first-order chi connectivity index (χ1) is 19.9. The lowest BCUT2D eigenvalue weighted by atomic mass is 9.92. The Labute approximate surface area is 242 Å². The van der Waals surface area contributed by atoms with Gasteiger partial charge in [0.25, 0.3) is 5.56 Å². The largest absolute Gasteiger partial charge is 0.493 e. The van der Waals surface area contributed by atoms with E-state index in [9.17, 15) is 9.59 Å². The van der Waals surface area contributed by atoms with Crippen LogP contribution in [0.15, 0.2) is 88.2 Å². The molecule has 1 atom stereocenters. The molecule has 3 aromatic carbocycles. The van der Waals surface area contributed by atoms with Gasteiger partial charge in [-0.25, -0.2) is 9.79 Å². The zero-order valence-corrected chi connectivity index (χ0v) is 24.4. The van der Waals surface area contributed by atoms with Crippen LogP contribution in [0.4, 0.5) is 5.69 Å². The van der Waals surface area contributed by atoms with E-state index in [1.807, 2.05) is 91.8 Å². The van der Waals surface area contributed by atoms with E-state index in [-0.39, 0.29) is 17.7 Å². The summed E-state index contributed by atoms with van der Waals surface area (Å²) in [5.74, 6) is 0.345. The van der Waals surface area contributed by atoms with Crippen LogP contribution in [0.5, 0.6) is 11.5 Å². The van der Waals surface area contributed by atoms with Crippen LogP contribution in [0, 0.1) is 0 Å². The van der Waals surface area contributed by atoms with Gasteiger partial charge in [0.2, 0.25) is 0 Å². The fraction of sp³-hybridized carbons (Fsp3) is 0.219. The van der Waals surface area contributed by atoms with Crippen molar-refractivity contribution in [3.05, 3.63) is 115 Å². The normalized spacial score (nSPS) is 14.8. The van der Waals surface area contributed by atoms with Gasteiger partial charge < -0.3 is 19.1 Å². The van der Waals surface area contributed by atoms with Crippen LogP contribution in [0.1, 0.15) is 29.7 Å².